The van der Waals surface area contributed by atoms with Crippen molar-refractivity contribution in [2.45, 2.75) is 46.6 Å². The maximum Gasteiger partial charge on any atom is 0.343 e. The molecule has 3 heterocycles. The van der Waals surface area contributed by atoms with E-state index in [4.69, 9.17) is 9.47 Å². The van der Waals surface area contributed by atoms with Crippen LogP contribution in [0.4, 0.5) is 0 Å². The smallest absolute Gasteiger partial charge is 0.343 e. The van der Waals surface area contributed by atoms with Gasteiger partial charge in [-0.1, -0.05) is 19.9 Å². The van der Waals surface area contributed by atoms with E-state index in [1.54, 1.807) is 19.2 Å². The van der Waals surface area contributed by atoms with Gasteiger partial charge in [-0.2, -0.15) is 0 Å². The second-order valence-corrected chi connectivity index (χ2v) is 7.71. The number of nitrogens with zero attached hydrogens (tertiary/aromatic N) is 1. The van der Waals surface area contributed by atoms with E-state index < -0.39 is 5.97 Å². The van der Waals surface area contributed by atoms with Crippen LogP contribution in [0, 0.1) is 12.8 Å². The second-order valence-electron chi connectivity index (χ2n) is 7.71. The van der Waals surface area contributed by atoms with Crippen LogP contribution in [0.5, 0.6) is 5.75 Å². The Morgan fingerprint density at radius 3 is 2.85 bits per heavy atom. The summed E-state index contributed by atoms with van der Waals surface area (Å²) in [5.74, 6) is 0.757. The molecule has 4 rings (SSSR count). The van der Waals surface area contributed by atoms with Crippen molar-refractivity contribution in [3.8, 4) is 17.0 Å². The topological polar surface area (TPSA) is 57.5 Å². The van der Waals surface area contributed by atoms with E-state index in [0.717, 1.165) is 35.4 Å². The van der Waals surface area contributed by atoms with Gasteiger partial charge in [-0.25, -0.2) is 4.79 Å². The van der Waals surface area contributed by atoms with E-state index in [1.165, 1.54) is 11.1 Å². The summed E-state index contributed by atoms with van der Waals surface area (Å²) in [6.45, 7) is 9.09. The molecule has 142 valence electrons. The zero-order chi connectivity index (χ0) is 19.3. The van der Waals surface area contributed by atoms with E-state index in [9.17, 15) is 9.59 Å². The van der Waals surface area contributed by atoms with E-state index in [1.807, 2.05) is 0 Å². The first kappa shape index (κ1) is 17.8. The number of aryl methyl sites for hydroxylation is 1. The SMILES string of the molecule is CCOC(=O)c1cn2c(cc1=O)-c1c(cc(C)c3c1CCO3)CC2C(C)C. The Balaban J connectivity index is 1.98. The quantitative estimate of drug-likeness (QED) is 0.777. The summed E-state index contributed by atoms with van der Waals surface area (Å²) in [5, 5.41) is 0. The number of fused-ring (bicyclic) bond motifs is 5. The predicted molar refractivity (Wildman–Crippen MR) is 104 cm³/mol. The molecule has 1 unspecified atom stereocenters. The molecule has 0 N–H and O–H groups in total. The number of aromatic nitrogens is 1. The number of carbonyl (C=O) groups is 1. The van der Waals surface area contributed by atoms with Crippen molar-refractivity contribution in [3.63, 3.8) is 0 Å². The third-order valence-corrected chi connectivity index (χ3v) is 5.63. The molecule has 0 fully saturated rings. The minimum Gasteiger partial charge on any atom is -0.493 e. The van der Waals surface area contributed by atoms with Gasteiger partial charge >= 0.3 is 5.97 Å². The van der Waals surface area contributed by atoms with Crippen LogP contribution in [-0.2, 0) is 17.6 Å². The zero-order valence-corrected chi connectivity index (χ0v) is 16.3. The molecular weight excluding hydrogens is 342 g/mol. The predicted octanol–water partition coefficient (Wildman–Crippen LogP) is 3.69. The normalized spacial score (nSPS) is 17.1. The zero-order valence-electron chi connectivity index (χ0n) is 16.3. The Hall–Kier alpha value is -2.56. The van der Waals surface area contributed by atoms with Gasteiger partial charge in [0, 0.05) is 35.9 Å². The lowest BCUT2D eigenvalue weighted by Crippen LogP contribution is -2.29. The van der Waals surface area contributed by atoms with Gasteiger partial charge in [-0.15, -0.1) is 0 Å². The lowest BCUT2D eigenvalue weighted by atomic mass is 9.83. The largest absolute Gasteiger partial charge is 0.493 e. The average molecular weight is 367 g/mol. The van der Waals surface area contributed by atoms with Crippen LogP contribution in [0.2, 0.25) is 0 Å². The fourth-order valence-corrected chi connectivity index (χ4v) is 4.39. The highest BCUT2D eigenvalue weighted by Crippen LogP contribution is 2.45. The molecule has 1 aromatic heterocycles. The molecule has 27 heavy (non-hydrogen) atoms. The van der Waals surface area contributed by atoms with Crippen LogP contribution in [0.1, 0.15) is 53.9 Å². The van der Waals surface area contributed by atoms with Gasteiger partial charge in [0.15, 0.2) is 5.43 Å². The van der Waals surface area contributed by atoms with Crippen LogP contribution in [-0.4, -0.2) is 23.8 Å². The van der Waals surface area contributed by atoms with Gasteiger partial charge in [0.25, 0.3) is 0 Å². The van der Waals surface area contributed by atoms with Crippen molar-refractivity contribution in [2.24, 2.45) is 5.92 Å². The molecule has 5 nitrogen and oxygen atoms in total. The van der Waals surface area contributed by atoms with Crippen LogP contribution in [0.15, 0.2) is 23.1 Å². The van der Waals surface area contributed by atoms with Crippen molar-refractivity contribution < 1.29 is 14.3 Å². The van der Waals surface area contributed by atoms with Gasteiger partial charge in [-0.05, 0) is 37.3 Å². The van der Waals surface area contributed by atoms with E-state index in [0.29, 0.717) is 12.5 Å². The first-order chi connectivity index (χ1) is 12.9. The molecule has 5 heteroatoms. The van der Waals surface area contributed by atoms with Crippen molar-refractivity contribution in [1.29, 1.82) is 0 Å². The van der Waals surface area contributed by atoms with Gasteiger partial charge in [-0.3, -0.25) is 4.79 Å². The summed E-state index contributed by atoms with van der Waals surface area (Å²) >= 11 is 0. The molecule has 0 saturated heterocycles. The molecule has 0 aliphatic carbocycles. The van der Waals surface area contributed by atoms with Gasteiger partial charge in [0.05, 0.1) is 18.9 Å². The molecule has 0 spiro atoms. The maximum atomic E-state index is 12.7. The Bertz CT molecular complexity index is 987. The summed E-state index contributed by atoms with van der Waals surface area (Å²) in [7, 11) is 0. The maximum absolute atomic E-state index is 12.7. The number of rotatable bonds is 3. The van der Waals surface area contributed by atoms with E-state index in [2.05, 4.69) is 31.4 Å². The Morgan fingerprint density at radius 1 is 1.37 bits per heavy atom. The van der Waals surface area contributed by atoms with E-state index in [-0.39, 0.29) is 23.6 Å². The number of hydrogen-bond donors (Lipinski definition) is 0. The summed E-state index contributed by atoms with van der Waals surface area (Å²) in [6, 6.07) is 3.98. The number of pyridine rings is 1. The number of ether oxygens (including phenoxy) is 2. The molecule has 0 bridgehead atoms. The molecule has 0 radical (unpaired) electrons. The molecular formula is C22H25NO4. The fourth-order valence-electron chi connectivity index (χ4n) is 4.39. The average Bonchev–Trinajstić information content (AvgIpc) is 3.10. The van der Waals surface area contributed by atoms with E-state index >= 15 is 0 Å². The third-order valence-electron chi connectivity index (χ3n) is 5.63. The summed E-state index contributed by atoms with van der Waals surface area (Å²) in [4.78, 5) is 25.0. The van der Waals surface area contributed by atoms with Crippen molar-refractivity contribution in [3.05, 3.63) is 50.8 Å². The van der Waals surface area contributed by atoms with Crippen molar-refractivity contribution >= 4 is 5.97 Å². The highest BCUT2D eigenvalue weighted by atomic mass is 16.5. The highest BCUT2D eigenvalue weighted by molar-refractivity contribution is 5.89. The first-order valence-electron chi connectivity index (χ1n) is 9.64. The Kier molecular flexibility index (Phi) is 4.33. The fraction of sp³-hybridized carbons (Fsp3) is 0.455. The van der Waals surface area contributed by atoms with Gasteiger partial charge in [0.1, 0.15) is 11.3 Å². The van der Waals surface area contributed by atoms with Crippen LogP contribution < -0.4 is 10.2 Å². The summed E-state index contributed by atoms with van der Waals surface area (Å²) in [6.07, 6.45) is 3.42. The molecule has 0 amide bonds. The number of hydrogen-bond acceptors (Lipinski definition) is 4. The van der Waals surface area contributed by atoms with Crippen molar-refractivity contribution in [2.75, 3.05) is 13.2 Å². The monoisotopic (exact) mass is 367 g/mol. The highest BCUT2D eigenvalue weighted by Gasteiger charge is 2.32. The summed E-state index contributed by atoms with van der Waals surface area (Å²) in [5.41, 5.74) is 5.41. The van der Waals surface area contributed by atoms with Gasteiger partial charge < -0.3 is 14.0 Å². The summed E-state index contributed by atoms with van der Waals surface area (Å²) < 4.78 is 13.0. The first-order valence-corrected chi connectivity index (χ1v) is 9.64. The lowest BCUT2D eigenvalue weighted by Gasteiger charge is -2.34. The minimum atomic E-state index is -0.552. The Morgan fingerprint density at radius 2 is 2.15 bits per heavy atom. The molecule has 1 aromatic carbocycles. The molecule has 2 aromatic rings. The lowest BCUT2D eigenvalue weighted by molar-refractivity contribution is 0.0523. The molecule has 1 atom stereocenters. The Labute approximate surface area is 158 Å². The van der Waals surface area contributed by atoms with Crippen LogP contribution in [0.3, 0.4) is 0 Å². The molecule has 2 aliphatic rings. The van der Waals surface area contributed by atoms with Gasteiger partial charge in [0.2, 0.25) is 0 Å². The second kappa shape index (κ2) is 6.55. The van der Waals surface area contributed by atoms with Crippen LogP contribution in [0.25, 0.3) is 11.3 Å². The minimum absolute atomic E-state index is 0.106. The standard InChI is InChI=1S/C22H25NO4/c1-5-26-22(25)16-11-23-17(12(2)3)9-14-8-13(4)21-15(6-7-27-21)20(14)18(23)10-19(16)24/h8,10-12,17H,5-7,9H2,1-4H3. The van der Waals surface area contributed by atoms with Crippen LogP contribution >= 0.6 is 0 Å². The molecule has 0 saturated carbocycles. The third kappa shape index (κ3) is 2.76. The molecule has 2 aliphatic heterocycles. The number of benzene rings is 1. The number of carbonyl (C=O) groups excluding carboxylic acids is 1. The number of esters is 1. The van der Waals surface area contributed by atoms with Crippen molar-refractivity contribution in [1.82, 2.24) is 4.57 Å².